The lowest BCUT2D eigenvalue weighted by Crippen LogP contribution is -2.28. The minimum atomic E-state index is -1.07. The van der Waals surface area contributed by atoms with Crippen LogP contribution in [0.25, 0.3) is 0 Å². The molecular formula is C19H17F2NO4. The van der Waals surface area contributed by atoms with E-state index in [1.807, 2.05) is 0 Å². The molecule has 0 bridgehead atoms. The molecule has 0 radical (unpaired) electrons. The van der Waals surface area contributed by atoms with Crippen LogP contribution in [0.3, 0.4) is 0 Å². The number of carbonyl (C=O) groups excluding carboxylic acids is 1. The fraction of sp³-hybridized carbons (Fsp3) is 0.263. The van der Waals surface area contributed by atoms with Crippen molar-refractivity contribution in [2.45, 2.75) is 12.3 Å². The van der Waals surface area contributed by atoms with Crippen molar-refractivity contribution in [3.63, 3.8) is 0 Å². The first kappa shape index (κ1) is 17.8. The fourth-order valence-electron chi connectivity index (χ4n) is 2.90. The highest BCUT2D eigenvalue weighted by molar-refractivity contribution is 5.97. The van der Waals surface area contributed by atoms with Gasteiger partial charge in [-0.15, -0.1) is 0 Å². The number of aliphatic carboxylic acids is 1. The lowest BCUT2D eigenvalue weighted by Gasteiger charge is -2.18. The van der Waals surface area contributed by atoms with Gasteiger partial charge >= 0.3 is 5.97 Å². The molecule has 0 aromatic heterocycles. The van der Waals surface area contributed by atoms with Crippen molar-refractivity contribution in [2.75, 3.05) is 18.6 Å². The minimum Gasteiger partial charge on any atom is -0.482 e. The van der Waals surface area contributed by atoms with E-state index < -0.39 is 24.2 Å². The van der Waals surface area contributed by atoms with E-state index in [0.29, 0.717) is 23.4 Å². The Morgan fingerprint density at radius 2 is 1.88 bits per heavy atom. The molecule has 1 N–H and O–H groups in total. The van der Waals surface area contributed by atoms with Gasteiger partial charge in [0.05, 0.1) is 0 Å². The lowest BCUT2D eigenvalue weighted by atomic mass is 10.1. The summed E-state index contributed by atoms with van der Waals surface area (Å²) in [6.07, 6.45) is 0.519. The summed E-state index contributed by atoms with van der Waals surface area (Å²) in [5, 5.41) is 8.59. The van der Waals surface area contributed by atoms with Crippen molar-refractivity contribution in [3.8, 4) is 5.75 Å². The van der Waals surface area contributed by atoms with E-state index in [4.69, 9.17) is 9.84 Å². The van der Waals surface area contributed by atoms with Crippen LogP contribution in [0.15, 0.2) is 42.5 Å². The Bertz CT molecular complexity index is 838. The summed E-state index contributed by atoms with van der Waals surface area (Å²) in [4.78, 5) is 24.5. The molecule has 2 unspecified atom stereocenters. The zero-order valence-electron chi connectivity index (χ0n) is 14.0. The zero-order valence-corrected chi connectivity index (χ0v) is 14.0. The molecule has 1 fully saturated rings. The number of anilines is 1. The molecule has 1 saturated carbocycles. The Morgan fingerprint density at radius 1 is 1.19 bits per heavy atom. The molecule has 0 heterocycles. The number of nitrogens with zero attached hydrogens (tertiary/aromatic N) is 1. The standard InChI is InChI=1S/C19H17F2NO4/c1-22(12-3-5-13(6-4-12)26-10-18(23)24)19(25)16-9-15(16)14-7-2-11(20)8-17(14)21/h2-8,15-16H,9-10H2,1H3,(H,23,24). The van der Waals surface area contributed by atoms with E-state index in [2.05, 4.69) is 0 Å². The van der Waals surface area contributed by atoms with Gasteiger partial charge < -0.3 is 14.7 Å². The van der Waals surface area contributed by atoms with Crippen molar-refractivity contribution >= 4 is 17.6 Å². The second-order valence-electron chi connectivity index (χ2n) is 6.19. The number of halogens is 2. The largest absolute Gasteiger partial charge is 0.482 e. The van der Waals surface area contributed by atoms with Crippen LogP contribution in [0.2, 0.25) is 0 Å². The van der Waals surface area contributed by atoms with Crippen molar-refractivity contribution in [1.29, 1.82) is 0 Å². The third kappa shape index (κ3) is 3.82. The van der Waals surface area contributed by atoms with Crippen molar-refractivity contribution < 1.29 is 28.2 Å². The summed E-state index contributed by atoms with van der Waals surface area (Å²) in [7, 11) is 1.62. The number of hydrogen-bond donors (Lipinski definition) is 1. The summed E-state index contributed by atoms with van der Waals surface area (Å²) in [6.45, 7) is -0.443. The molecule has 0 saturated heterocycles. The van der Waals surface area contributed by atoms with Crippen LogP contribution in [0.1, 0.15) is 17.9 Å². The summed E-state index contributed by atoms with van der Waals surface area (Å²) in [5.41, 5.74) is 0.971. The highest BCUT2D eigenvalue weighted by Crippen LogP contribution is 2.49. The summed E-state index contributed by atoms with van der Waals surface area (Å²) >= 11 is 0. The zero-order chi connectivity index (χ0) is 18.8. The van der Waals surface area contributed by atoms with E-state index in [0.717, 1.165) is 6.07 Å². The normalized spacial score (nSPS) is 18.3. The van der Waals surface area contributed by atoms with Crippen LogP contribution in [-0.2, 0) is 9.59 Å². The molecule has 3 rings (SSSR count). The Labute approximate surface area is 148 Å². The molecule has 136 valence electrons. The van der Waals surface area contributed by atoms with Gasteiger partial charge in [0.15, 0.2) is 6.61 Å². The van der Waals surface area contributed by atoms with Gasteiger partial charge in [0, 0.05) is 24.7 Å². The second kappa shape index (κ2) is 7.11. The van der Waals surface area contributed by atoms with Gasteiger partial charge in [-0.05, 0) is 48.2 Å². The highest BCUT2D eigenvalue weighted by atomic mass is 19.1. The highest BCUT2D eigenvalue weighted by Gasteiger charge is 2.46. The van der Waals surface area contributed by atoms with Gasteiger partial charge in [0.25, 0.3) is 0 Å². The lowest BCUT2D eigenvalue weighted by molar-refractivity contribution is -0.139. The molecule has 2 atom stereocenters. The van der Waals surface area contributed by atoms with E-state index in [-0.39, 0.29) is 17.7 Å². The number of benzene rings is 2. The Morgan fingerprint density at radius 3 is 2.50 bits per heavy atom. The third-order valence-corrected chi connectivity index (χ3v) is 4.39. The van der Waals surface area contributed by atoms with E-state index in [1.54, 1.807) is 31.3 Å². The Balaban J connectivity index is 1.64. The number of hydrogen-bond acceptors (Lipinski definition) is 3. The summed E-state index contributed by atoms with van der Waals surface area (Å²) in [6, 6.07) is 9.85. The smallest absolute Gasteiger partial charge is 0.341 e. The molecule has 2 aromatic rings. The van der Waals surface area contributed by atoms with Crippen LogP contribution >= 0.6 is 0 Å². The number of carboxylic acid groups (broad SMARTS) is 1. The molecule has 1 aliphatic carbocycles. The maximum atomic E-state index is 13.9. The molecule has 1 aliphatic rings. The topological polar surface area (TPSA) is 66.8 Å². The first-order valence-electron chi connectivity index (χ1n) is 8.04. The monoisotopic (exact) mass is 361 g/mol. The number of rotatable bonds is 6. The molecule has 26 heavy (non-hydrogen) atoms. The van der Waals surface area contributed by atoms with Crippen molar-refractivity contribution in [3.05, 3.63) is 59.7 Å². The van der Waals surface area contributed by atoms with Crippen molar-refractivity contribution in [1.82, 2.24) is 0 Å². The maximum Gasteiger partial charge on any atom is 0.341 e. The third-order valence-electron chi connectivity index (χ3n) is 4.39. The van der Waals surface area contributed by atoms with Crippen LogP contribution in [-0.4, -0.2) is 30.6 Å². The Hall–Kier alpha value is -2.96. The fourth-order valence-corrected chi connectivity index (χ4v) is 2.90. The van der Waals surface area contributed by atoms with E-state index >= 15 is 0 Å². The molecule has 0 spiro atoms. The predicted molar refractivity (Wildman–Crippen MR) is 90.2 cm³/mol. The molecule has 7 heteroatoms. The molecule has 1 amide bonds. The van der Waals surface area contributed by atoms with Gasteiger partial charge in [0.1, 0.15) is 17.4 Å². The Kier molecular flexibility index (Phi) is 4.88. The number of amides is 1. The van der Waals surface area contributed by atoms with Crippen LogP contribution in [0, 0.1) is 17.6 Å². The first-order chi connectivity index (χ1) is 12.4. The predicted octanol–water partition coefficient (Wildman–Crippen LogP) is 3.19. The molecule has 2 aromatic carbocycles. The first-order valence-corrected chi connectivity index (χ1v) is 8.04. The number of carboxylic acids is 1. The van der Waals surface area contributed by atoms with Gasteiger partial charge in [-0.2, -0.15) is 0 Å². The van der Waals surface area contributed by atoms with Crippen LogP contribution < -0.4 is 9.64 Å². The van der Waals surface area contributed by atoms with Crippen molar-refractivity contribution in [2.24, 2.45) is 5.92 Å². The van der Waals surface area contributed by atoms with Gasteiger partial charge in [-0.3, -0.25) is 4.79 Å². The van der Waals surface area contributed by atoms with Crippen LogP contribution in [0.4, 0.5) is 14.5 Å². The van der Waals surface area contributed by atoms with E-state index in [1.165, 1.54) is 17.0 Å². The number of ether oxygens (including phenoxy) is 1. The molecule has 5 nitrogen and oxygen atoms in total. The van der Waals surface area contributed by atoms with Crippen LogP contribution in [0.5, 0.6) is 5.75 Å². The average molecular weight is 361 g/mol. The minimum absolute atomic E-state index is 0.155. The second-order valence-corrected chi connectivity index (χ2v) is 6.19. The summed E-state index contributed by atoms with van der Waals surface area (Å²) in [5.74, 6) is -2.71. The van der Waals surface area contributed by atoms with Gasteiger partial charge in [-0.25, -0.2) is 13.6 Å². The van der Waals surface area contributed by atoms with Gasteiger partial charge in [0.2, 0.25) is 5.91 Å². The molecular weight excluding hydrogens is 344 g/mol. The SMILES string of the molecule is CN(C(=O)C1CC1c1ccc(F)cc1F)c1ccc(OCC(=O)O)cc1. The summed E-state index contributed by atoms with van der Waals surface area (Å²) < 4.78 is 31.9. The van der Waals surface area contributed by atoms with Gasteiger partial charge in [-0.1, -0.05) is 6.07 Å². The quantitative estimate of drug-likeness (QED) is 0.858. The maximum absolute atomic E-state index is 13.9. The van der Waals surface area contributed by atoms with E-state index in [9.17, 15) is 18.4 Å². The average Bonchev–Trinajstić information content (AvgIpc) is 3.39. The molecule has 0 aliphatic heterocycles. The number of carbonyl (C=O) groups is 2.